The maximum Gasteiger partial charge on any atom is 0.342 e. The lowest BCUT2D eigenvalue weighted by molar-refractivity contribution is -0.392. The lowest BCUT2D eigenvalue weighted by atomic mass is 10.00. The van der Waals surface area contributed by atoms with Crippen LogP contribution in [0.3, 0.4) is 0 Å². The van der Waals surface area contributed by atoms with Gasteiger partial charge in [0.25, 0.3) is 10.1 Å². The molecule has 5 aromatic heterocycles. The summed E-state index contributed by atoms with van der Waals surface area (Å²) in [7, 11) is -4.84. The molecular weight excluding hydrogens is 893 g/mol. The molecule has 7 heterocycles. The summed E-state index contributed by atoms with van der Waals surface area (Å²) in [4.78, 5) is 71.1. The summed E-state index contributed by atoms with van der Waals surface area (Å²) < 4.78 is 51.3. The summed E-state index contributed by atoms with van der Waals surface area (Å²) in [6.45, 7) is 12.1. The molecule has 8 bridgehead atoms. The van der Waals surface area contributed by atoms with Crippen molar-refractivity contribution in [2.75, 3.05) is 13.2 Å². The number of H-pyrrole nitrogens is 2. The Balaban J connectivity index is 1.34. The van der Waals surface area contributed by atoms with E-state index in [1.807, 2.05) is 19.9 Å². The fourth-order valence-electron chi connectivity index (χ4n) is 8.53. The lowest BCUT2D eigenvalue weighted by Crippen LogP contribution is -2.16. The molecule has 0 saturated carbocycles. The van der Waals surface area contributed by atoms with E-state index in [-0.39, 0.29) is 74.7 Å². The van der Waals surface area contributed by atoms with Gasteiger partial charge in [0.2, 0.25) is 0 Å². The number of imidazole rings is 2. The number of carboxylic acids is 1. The molecule has 352 valence electrons. The van der Waals surface area contributed by atoms with Gasteiger partial charge in [-0.2, -0.15) is 8.42 Å². The van der Waals surface area contributed by atoms with E-state index in [1.165, 1.54) is 28.3 Å². The van der Waals surface area contributed by atoms with Crippen LogP contribution in [0.5, 0.6) is 0 Å². The number of carbonyl (C=O) groups excluding carboxylic acids is 1. The Bertz CT molecular complexity index is 3230. The van der Waals surface area contributed by atoms with Gasteiger partial charge < -0.3 is 44.8 Å². The molecule has 5 aromatic rings. The number of aryl methyl sites for hydroxylation is 5. The number of nitrogens with one attached hydrogen (secondary N) is 2. The minimum absolute atomic E-state index is 0.00894. The Kier molecular flexibility index (Phi) is 13.4. The van der Waals surface area contributed by atoms with E-state index in [2.05, 4.69) is 19.9 Å². The maximum atomic E-state index is 13.1. The molecule has 0 amide bonds. The maximum absolute atomic E-state index is 13.1. The molecule has 22 nitrogen and oxygen atoms in total. The predicted molar refractivity (Wildman–Crippen MR) is 244 cm³/mol. The first kappa shape index (κ1) is 47.6. The second-order valence-electron chi connectivity index (χ2n) is 16.2. The standard InChI is InChI=1S/C44H48N10O12S/c1-22-29(8-10-41(55)56)35-19-36-30(9-11-42(57)66-15-13-52-28(7)46-21-40(52)54(60)61)23(2)32(48-36)18-38-44(67(62,63)64)25(4)34(50-38)17-37-43(24(3)33(49-37)16-31(22)47-35)26(5)65-14-12-51-27(6)45-20-39(51)53(58)59/h16-21,26,47,50H,8-15H2,1-7H3,(H,55,56)(H,62,63,64). The Labute approximate surface area is 382 Å². The van der Waals surface area contributed by atoms with E-state index in [4.69, 9.17) is 19.4 Å². The zero-order valence-electron chi connectivity index (χ0n) is 37.7. The minimum atomic E-state index is -4.84. The first-order valence-corrected chi connectivity index (χ1v) is 22.5. The summed E-state index contributed by atoms with van der Waals surface area (Å²) in [5.41, 5.74) is 7.26. The largest absolute Gasteiger partial charge is 0.481 e. The highest BCUT2D eigenvalue weighted by Crippen LogP contribution is 2.38. The van der Waals surface area contributed by atoms with E-state index in [1.54, 1.807) is 39.8 Å². The van der Waals surface area contributed by atoms with Crippen LogP contribution in [0.1, 0.15) is 91.1 Å². The number of allylic oxidation sites excluding steroid dienone is 3. The third kappa shape index (κ3) is 9.78. The summed E-state index contributed by atoms with van der Waals surface area (Å²) in [5, 5.41) is 32.8. The van der Waals surface area contributed by atoms with Crippen molar-refractivity contribution in [1.29, 1.82) is 0 Å². The lowest BCUT2D eigenvalue weighted by Gasteiger charge is -2.15. The quantitative estimate of drug-likeness (QED) is 0.0315. The number of aromatic nitrogens is 8. The average Bonchev–Trinajstić information content (AvgIpc) is 4.07. The molecule has 0 aliphatic carbocycles. The molecule has 0 radical (unpaired) electrons. The molecule has 4 N–H and O–H groups in total. The van der Waals surface area contributed by atoms with Crippen molar-refractivity contribution in [3.63, 3.8) is 0 Å². The third-order valence-electron chi connectivity index (χ3n) is 12.1. The highest BCUT2D eigenvalue weighted by atomic mass is 32.2. The van der Waals surface area contributed by atoms with Gasteiger partial charge in [0, 0.05) is 48.8 Å². The first-order valence-electron chi connectivity index (χ1n) is 21.1. The Morgan fingerprint density at radius 3 is 1.90 bits per heavy atom. The molecule has 23 heteroatoms. The monoisotopic (exact) mass is 940 g/mol. The highest BCUT2D eigenvalue weighted by molar-refractivity contribution is 7.86. The van der Waals surface area contributed by atoms with Crippen LogP contribution in [0, 0.1) is 47.9 Å². The molecule has 67 heavy (non-hydrogen) atoms. The zero-order valence-corrected chi connectivity index (χ0v) is 38.5. The Morgan fingerprint density at radius 2 is 1.28 bits per heavy atom. The number of carbonyl (C=O) groups is 2. The van der Waals surface area contributed by atoms with Crippen LogP contribution in [0.4, 0.5) is 11.6 Å². The van der Waals surface area contributed by atoms with Crippen molar-refractivity contribution >= 4 is 78.1 Å². The van der Waals surface area contributed by atoms with Gasteiger partial charge in [0.05, 0.1) is 41.0 Å². The van der Waals surface area contributed by atoms with Crippen molar-refractivity contribution in [3.8, 4) is 0 Å². The van der Waals surface area contributed by atoms with E-state index < -0.39 is 42.9 Å². The number of esters is 1. The molecule has 0 spiro atoms. The molecule has 0 aromatic carbocycles. The van der Waals surface area contributed by atoms with Crippen LogP contribution in [0.25, 0.3) is 44.4 Å². The number of nitro groups is 2. The number of fused-ring (bicyclic) bond motifs is 8. The van der Waals surface area contributed by atoms with Crippen LogP contribution < -0.4 is 0 Å². The second kappa shape index (κ2) is 18.9. The Hall–Kier alpha value is -7.37. The fourth-order valence-corrected chi connectivity index (χ4v) is 9.41. The number of carboxylic acid groups (broad SMARTS) is 1. The number of aromatic amines is 2. The number of hydrogen-bond acceptors (Lipinski definition) is 14. The molecule has 2 aliphatic rings. The van der Waals surface area contributed by atoms with E-state index >= 15 is 0 Å². The van der Waals surface area contributed by atoms with Crippen LogP contribution >= 0.6 is 0 Å². The van der Waals surface area contributed by atoms with Crippen molar-refractivity contribution in [3.05, 3.63) is 108 Å². The van der Waals surface area contributed by atoms with Gasteiger partial charge in [-0.05, 0) is 115 Å². The van der Waals surface area contributed by atoms with Crippen molar-refractivity contribution in [2.45, 2.75) is 98.2 Å². The SMILES string of the molecule is CC1=C(CCC(=O)OCCn2c([N+](=O)[O-])cnc2C)c2cc3[nH]c(cc4nc(cc5[nH]c(cc1n2)c(S(=O)(=O)O)c5C)C(C(C)OCCn1c([N+](=O)[O-])cnc1C)=C4C)c(C)c3CCC(=O)O. The van der Waals surface area contributed by atoms with Crippen LogP contribution in [-0.4, -0.2) is 98.2 Å². The van der Waals surface area contributed by atoms with Gasteiger partial charge in [0.1, 0.15) is 37.0 Å². The van der Waals surface area contributed by atoms with Crippen molar-refractivity contribution in [1.82, 2.24) is 39.0 Å². The normalized spacial score (nSPS) is 13.4. The number of ether oxygens (including phenoxy) is 2. The van der Waals surface area contributed by atoms with Gasteiger partial charge >= 0.3 is 23.6 Å². The summed E-state index contributed by atoms with van der Waals surface area (Å²) >= 11 is 0. The summed E-state index contributed by atoms with van der Waals surface area (Å²) in [5.74, 6) is -1.18. The fraction of sp³-hybridized carbons (Fsp3) is 0.364. The zero-order chi connectivity index (χ0) is 48.6. The molecule has 1 unspecified atom stereocenters. The van der Waals surface area contributed by atoms with Gasteiger partial charge in [-0.1, -0.05) is 0 Å². The molecule has 7 rings (SSSR count). The molecular formula is C44H48N10O12S. The van der Waals surface area contributed by atoms with Crippen molar-refractivity contribution in [2.24, 2.45) is 0 Å². The summed E-state index contributed by atoms with van der Waals surface area (Å²) in [6.07, 6.45) is 1.62. The smallest absolute Gasteiger partial charge is 0.342 e. The number of hydrogen-bond donors (Lipinski definition) is 4. The molecule has 0 saturated heterocycles. The molecule has 0 fully saturated rings. The van der Waals surface area contributed by atoms with E-state index in [0.29, 0.717) is 78.8 Å². The number of nitrogens with zero attached hydrogens (tertiary/aromatic N) is 8. The predicted octanol–water partition coefficient (Wildman–Crippen LogP) is 7.01. The average molecular weight is 941 g/mol. The summed E-state index contributed by atoms with van der Waals surface area (Å²) in [6, 6.07) is 6.70. The molecule has 1 atom stereocenters. The Morgan fingerprint density at radius 1 is 0.746 bits per heavy atom. The van der Waals surface area contributed by atoms with Crippen LogP contribution in [-0.2, 0) is 48.7 Å². The van der Waals surface area contributed by atoms with E-state index in [9.17, 15) is 47.9 Å². The van der Waals surface area contributed by atoms with E-state index in [0.717, 1.165) is 11.8 Å². The molecule has 2 aliphatic heterocycles. The van der Waals surface area contributed by atoms with Gasteiger partial charge in [0.15, 0.2) is 11.6 Å². The third-order valence-corrected chi connectivity index (χ3v) is 13.1. The van der Waals surface area contributed by atoms with Gasteiger partial charge in [-0.15, -0.1) is 0 Å². The van der Waals surface area contributed by atoms with Gasteiger partial charge in [-0.25, -0.2) is 29.1 Å². The van der Waals surface area contributed by atoms with Crippen LogP contribution in [0.2, 0.25) is 0 Å². The minimum Gasteiger partial charge on any atom is -0.481 e. The number of aliphatic carboxylic acids is 1. The number of rotatable bonds is 17. The van der Waals surface area contributed by atoms with Crippen molar-refractivity contribution < 1.29 is 47.0 Å². The van der Waals surface area contributed by atoms with Gasteiger partial charge in [-0.3, -0.25) is 14.1 Å². The van der Waals surface area contributed by atoms with Crippen LogP contribution in [0.15, 0.2) is 41.6 Å². The highest BCUT2D eigenvalue weighted by Gasteiger charge is 2.27. The first-order chi connectivity index (χ1) is 31.6. The second-order valence-corrected chi connectivity index (χ2v) is 17.6. The topological polar surface area (TPSA) is 306 Å².